The molecular weight excluding hydrogens is 374 g/mol. The quantitative estimate of drug-likeness (QED) is 0.679. The van der Waals surface area contributed by atoms with E-state index < -0.39 is 27.9 Å². The molecule has 0 fully saturated rings. The molecule has 1 heterocycles. The van der Waals surface area contributed by atoms with E-state index >= 15 is 0 Å². The molecule has 1 unspecified atom stereocenters. The number of aryl methyl sites for hydroxylation is 4. The van der Waals surface area contributed by atoms with Gasteiger partial charge in [-0.05, 0) is 51.8 Å². The summed E-state index contributed by atoms with van der Waals surface area (Å²) in [5.41, 5.74) is 1.76. The number of nitrogens with zero attached hydrogens (tertiary/aromatic N) is 1. The molecule has 1 aromatic heterocycles. The minimum atomic E-state index is -4.01. The van der Waals surface area contributed by atoms with Crippen LogP contribution >= 0.6 is 0 Å². The van der Waals surface area contributed by atoms with Crippen molar-refractivity contribution in [2.24, 2.45) is 0 Å². The second kappa shape index (κ2) is 7.49. The van der Waals surface area contributed by atoms with Gasteiger partial charge in [0.2, 0.25) is 15.9 Å². The van der Waals surface area contributed by atoms with E-state index in [9.17, 15) is 23.1 Å². The largest absolute Gasteiger partial charge is 0.478 e. The number of carboxylic acid groups (broad SMARTS) is 1. The van der Waals surface area contributed by atoms with Gasteiger partial charge in [0.25, 0.3) is 0 Å². The monoisotopic (exact) mass is 395 g/mol. The minimum Gasteiger partial charge on any atom is -0.478 e. The average Bonchev–Trinajstić information content (AvgIpc) is 2.88. The van der Waals surface area contributed by atoms with Crippen molar-refractivity contribution in [2.75, 3.05) is 5.32 Å². The highest BCUT2D eigenvalue weighted by atomic mass is 32.2. The Kier molecular flexibility index (Phi) is 5.71. The van der Waals surface area contributed by atoms with Crippen molar-refractivity contribution in [2.45, 2.75) is 45.6 Å². The third kappa shape index (κ3) is 4.34. The van der Waals surface area contributed by atoms with Crippen LogP contribution in [0, 0.1) is 27.7 Å². The lowest BCUT2D eigenvalue weighted by atomic mass is 10.0. The van der Waals surface area contributed by atoms with E-state index in [4.69, 9.17) is 4.52 Å². The van der Waals surface area contributed by atoms with Crippen LogP contribution in [-0.4, -0.2) is 36.6 Å². The number of anilines is 1. The third-order valence-corrected chi connectivity index (χ3v) is 5.81. The number of nitrogens with one attached hydrogen (secondary N) is 2. The number of carboxylic acids is 1. The molecule has 1 aromatic carbocycles. The van der Waals surface area contributed by atoms with Crippen LogP contribution in [0.5, 0.6) is 0 Å². The van der Waals surface area contributed by atoms with Crippen molar-refractivity contribution >= 4 is 27.6 Å². The van der Waals surface area contributed by atoms with Gasteiger partial charge in [-0.2, -0.15) is 4.72 Å². The van der Waals surface area contributed by atoms with E-state index in [1.54, 1.807) is 19.9 Å². The molecule has 0 aliphatic carbocycles. The first-order valence-corrected chi connectivity index (χ1v) is 9.53. The molecule has 9 nitrogen and oxygen atoms in total. The van der Waals surface area contributed by atoms with Crippen LogP contribution in [0.15, 0.2) is 21.6 Å². The maximum atomic E-state index is 12.5. The Bertz CT molecular complexity index is 990. The van der Waals surface area contributed by atoms with Crippen LogP contribution in [0.25, 0.3) is 0 Å². The molecule has 1 atom stereocenters. The van der Waals surface area contributed by atoms with Gasteiger partial charge < -0.3 is 14.9 Å². The zero-order valence-corrected chi connectivity index (χ0v) is 16.4. The van der Waals surface area contributed by atoms with Gasteiger partial charge in [-0.25, -0.2) is 13.2 Å². The fourth-order valence-electron chi connectivity index (χ4n) is 2.66. The molecular formula is C17H21N3O6S. The lowest BCUT2D eigenvalue weighted by molar-refractivity contribution is -0.117. The lowest BCUT2D eigenvalue weighted by Gasteiger charge is -2.16. The molecule has 27 heavy (non-hydrogen) atoms. The number of amides is 1. The standard InChI is InChI=1S/C17H21N3O6S/c1-8-6-9(2)14(7-13(8)17(22)23)18-16(21)11(4)20-27(24,25)15-10(3)19-26-12(15)5/h6-7,11,20H,1-5H3,(H,18,21)(H,22,23). The Morgan fingerprint density at radius 2 is 1.78 bits per heavy atom. The first-order valence-electron chi connectivity index (χ1n) is 8.04. The van der Waals surface area contributed by atoms with E-state index in [1.165, 1.54) is 26.8 Å². The zero-order chi connectivity index (χ0) is 20.5. The second-order valence-corrected chi connectivity index (χ2v) is 7.92. The molecule has 0 aliphatic heterocycles. The van der Waals surface area contributed by atoms with E-state index in [1.807, 2.05) is 0 Å². The predicted octanol–water partition coefficient (Wildman–Crippen LogP) is 1.91. The summed E-state index contributed by atoms with van der Waals surface area (Å²) < 4.78 is 32.1. The van der Waals surface area contributed by atoms with Gasteiger partial charge in [-0.15, -0.1) is 0 Å². The fourth-order valence-corrected chi connectivity index (χ4v) is 4.19. The number of carbonyl (C=O) groups is 2. The van der Waals surface area contributed by atoms with Crippen molar-refractivity contribution in [1.82, 2.24) is 9.88 Å². The van der Waals surface area contributed by atoms with Crippen LogP contribution in [0.2, 0.25) is 0 Å². The normalized spacial score (nSPS) is 12.6. The Hall–Kier alpha value is -2.72. The molecule has 0 bridgehead atoms. The molecule has 10 heteroatoms. The number of aromatic carboxylic acids is 1. The molecule has 146 valence electrons. The molecule has 3 N–H and O–H groups in total. The molecule has 2 rings (SSSR count). The number of carbonyl (C=O) groups excluding carboxylic acids is 1. The van der Waals surface area contributed by atoms with E-state index in [2.05, 4.69) is 15.2 Å². The summed E-state index contributed by atoms with van der Waals surface area (Å²) in [6.45, 7) is 7.70. The van der Waals surface area contributed by atoms with Gasteiger partial charge >= 0.3 is 5.97 Å². The van der Waals surface area contributed by atoms with Crippen LogP contribution < -0.4 is 10.0 Å². The number of aromatic nitrogens is 1. The molecule has 0 aliphatic rings. The van der Waals surface area contributed by atoms with Gasteiger partial charge in [0, 0.05) is 5.69 Å². The van der Waals surface area contributed by atoms with Gasteiger partial charge in [0.05, 0.1) is 11.6 Å². The minimum absolute atomic E-state index is 0.0554. The number of hydrogen-bond acceptors (Lipinski definition) is 6. The van der Waals surface area contributed by atoms with Crippen molar-refractivity contribution in [3.05, 3.63) is 40.3 Å². The molecule has 0 saturated carbocycles. The van der Waals surface area contributed by atoms with E-state index in [0.29, 0.717) is 16.8 Å². The summed E-state index contributed by atoms with van der Waals surface area (Å²) in [5, 5.41) is 15.4. The Morgan fingerprint density at radius 3 is 2.30 bits per heavy atom. The molecule has 0 radical (unpaired) electrons. The van der Waals surface area contributed by atoms with Gasteiger partial charge in [-0.3, -0.25) is 4.79 Å². The first-order chi connectivity index (χ1) is 12.4. The Balaban J connectivity index is 2.22. The first kappa shape index (κ1) is 20.6. The van der Waals surface area contributed by atoms with Crippen molar-refractivity contribution < 1.29 is 27.6 Å². The molecule has 2 aromatic rings. The average molecular weight is 395 g/mol. The molecule has 1 amide bonds. The lowest BCUT2D eigenvalue weighted by Crippen LogP contribution is -2.41. The summed E-state index contributed by atoms with van der Waals surface area (Å²) in [6.07, 6.45) is 0. The van der Waals surface area contributed by atoms with Gasteiger partial charge in [0.15, 0.2) is 5.76 Å². The van der Waals surface area contributed by atoms with Gasteiger partial charge in [0.1, 0.15) is 10.6 Å². The SMILES string of the molecule is Cc1cc(C)c(C(=O)O)cc1NC(=O)C(C)NS(=O)(=O)c1c(C)noc1C. The maximum Gasteiger partial charge on any atom is 0.336 e. The number of sulfonamides is 1. The number of benzene rings is 1. The number of rotatable bonds is 6. The highest BCUT2D eigenvalue weighted by molar-refractivity contribution is 7.89. The van der Waals surface area contributed by atoms with Gasteiger partial charge in [-0.1, -0.05) is 11.2 Å². The van der Waals surface area contributed by atoms with E-state index in [0.717, 1.165) is 0 Å². The predicted molar refractivity (Wildman–Crippen MR) is 97.3 cm³/mol. The van der Waals surface area contributed by atoms with Crippen LogP contribution in [0.3, 0.4) is 0 Å². The summed E-state index contributed by atoms with van der Waals surface area (Å²) in [7, 11) is -4.01. The van der Waals surface area contributed by atoms with Crippen molar-refractivity contribution in [3.63, 3.8) is 0 Å². The second-order valence-electron chi connectivity index (χ2n) is 6.27. The Morgan fingerprint density at radius 1 is 1.15 bits per heavy atom. The summed E-state index contributed by atoms with van der Waals surface area (Å²) in [6, 6.07) is 1.87. The summed E-state index contributed by atoms with van der Waals surface area (Å²) in [4.78, 5) is 23.6. The van der Waals surface area contributed by atoms with Crippen LogP contribution in [0.1, 0.15) is 39.9 Å². The molecule has 0 saturated heterocycles. The number of hydrogen-bond donors (Lipinski definition) is 3. The van der Waals surface area contributed by atoms with E-state index in [-0.39, 0.29) is 21.9 Å². The van der Waals surface area contributed by atoms with Crippen LogP contribution in [0.4, 0.5) is 5.69 Å². The van der Waals surface area contributed by atoms with Crippen LogP contribution in [-0.2, 0) is 14.8 Å². The zero-order valence-electron chi connectivity index (χ0n) is 15.6. The van der Waals surface area contributed by atoms with Crippen molar-refractivity contribution in [3.8, 4) is 0 Å². The highest BCUT2D eigenvalue weighted by Gasteiger charge is 2.28. The summed E-state index contributed by atoms with van der Waals surface area (Å²) in [5.74, 6) is -1.63. The maximum absolute atomic E-state index is 12.5. The smallest absolute Gasteiger partial charge is 0.336 e. The fraction of sp³-hybridized carbons (Fsp3) is 0.353. The van der Waals surface area contributed by atoms with Crippen molar-refractivity contribution in [1.29, 1.82) is 0 Å². The topological polar surface area (TPSA) is 139 Å². The third-order valence-electron chi connectivity index (χ3n) is 4.02. The molecule has 0 spiro atoms. The highest BCUT2D eigenvalue weighted by Crippen LogP contribution is 2.22. The summed E-state index contributed by atoms with van der Waals surface area (Å²) >= 11 is 0. The Labute approximate surface area is 156 Å².